The van der Waals surface area contributed by atoms with Gasteiger partial charge in [-0.25, -0.2) is 0 Å². The Hall–Kier alpha value is -2.62. The standard InChI is InChI=1S/C20H23NO3/c1-4-20(19(23)24,16-11-6-5-7-12-16)13-21-18(22)17-14(2)9-8-10-15(17)3/h5-12H,4,13H2,1-3H3,(H,21,22)(H,23,24). The number of carbonyl (C=O) groups is 2. The summed E-state index contributed by atoms with van der Waals surface area (Å²) in [6, 6.07) is 14.7. The first-order valence-electron chi connectivity index (χ1n) is 8.05. The predicted molar refractivity (Wildman–Crippen MR) is 94.3 cm³/mol. The van der Waals surface area contributed by atoms with Crippen LogP contribution in [0.5, 0.6) is 0 Å². The zero-order valence-electron chi connectivity index (χ0n) is 14.3. The Morgan fingerprint density at radius 2 is 1.58 bits per heavy atom. The molecular weight excluding hydrogens is 302 g/mol. The summed E-state index contributed by atoms with van der Waals surface area (Å²) in [5.41, 5.74) is 1.94. The van der Waals surface area contributed by atoms with Gasteiger partial charge in [0.05, 0.1) is 0 Å². The highest BCUT2D eigenvalue weighted by molar-refractivity contribution is 5.97. The van der Waals surface area contributed by atoms with Gasteiger partial charge in [-0.3, -0.25) is 9.59 Å². The summed E-state index contributed by atoms with van der Waals surface area (Å²) >= 11 is 0. The zero-order chi connectivity index (χ0) is 17.7. The molecule has 2 aromatic rings. The van der Waals surface area contributed by atoms with E-state index < -0.39 is 11.4 Å². The van der Waals surface area contributed by atoms with Crippen LogP contribution in [0.25, 0.3) is 0 Å². The largest absolute Gasteiger partial charge is 0.481 e. The van der Waals surface area contributed by atoms with Gasteiger partial charge in [-0.2, -0.15) is 0 Å². The van der Waals surface area contributed by atoms with Crippen LogP contribution in [0.15, 0.2) is 48.5 Å². The fourth-order valence-corrected chi connectivity index (χ4v) is 3.03. The van der Waals surface area contributed by atoms with Crippen molar-refractivity contribution in [3.05, 3.63) is 70.8 Å². The number of aryl methyl sites for hydroxylation is 2. The van der Waals surface area contributed by atoms with Crippen molar-refractivity contribution in [1.82, 2.24) is 5.32 Å². The Morgan fingerprint density at radius 3 is 2.08 bits per heavy atom. The summed E-state index contributed by atoms with van der Waals surface area (Å²) in [6.45, 7) is 5.63. The molecule has 0 aliphatic carbocycles. The Labute approximate surface area is 142 Å². The minimum Gasteiger partial charge on any atom is -0.481 e. The summed E-state index contributed by atoms with van der Waals surface area (Å²) in [5, 5.41) is 12.7. The Kier molecular flexibility index (Phi) is 5.39. The van der Waals surface area contributed by atoms with Gasteiger partial charge in [-0.15, -0.1) is 0 Å². The van der Waals surface area contributed by atoms with E-state index in [0.29, 0.717) is 17.5 Å². The van der Waals surface area contributed by atoms with Crippen LogP contribution in [0.2, 0.25) is 0 Å². The summed E-state index contributed by atoms with van der Waals surface area (Å²) < 4.78 is 0. The van der Waals surface area contributed by atoms with Crippen molar-refractivity contribution in [3.8, 4) is 0 Å². The molecule has 24 heavy (non-hydrogen) atoms. The molecule has 1 unspecified atom stereocenters. The molecule has 126 valence electrons. The lowest BCUT2D eigenvalue weighted by atomic mass is 9.78. The van der Waals surface area contributed by atoms with Gasteiger partial charge >= 0.3 is 5.97 Å². The molecule has 2 aromatic carbocycles. The number of nitrogens with one attached hydrogen (secondary N) is 1. The highest BCUT2D eigenvalue weighted by Crippen LogP contribution is 2.28. The average molecular weight is 325 g/mol. The number of carbonyl (C=O) groups excluding carboxylic acids is 1. The van der Waals surface area contributed by atoms with E-state index in [2.05, 4.69) is 5.32 Å². The number of hydrogen-bond donors (Lipinski definition) is 2. The third-order valence-corrected chi connectivity index (χ3v) is 4.60. The minimum atomic E-state index is -1.13. The maximum Gasteiger partial charge on any atom is 0.315 e. The zero-order valence-corrected chi connectivity index (χ0v) is 14.3. The molecule has 2 N–H and O–H groups in total. The first-order chi connectivity index (χ1) is 11.4. The Bertz CT molecular complexity index is 720. The van der Waals surface area contributed by atoms with Crippen LogP contribution in [-0.2, 0) is 10.2 Å². The van der Waals surface area contributed by atoms with Crippen LogP contribution >= 0.6 is 0 Å². The van der Waals surface area contributed by atoms with E-state index in [1.54, 1.807) is 12.1 Å². The van der Waals surface area contributed by atoms with Crippen molar-refractivity contribution in [2.45, 2.75) is 32.6 Å². The van der Waals surface area contributed by atoms with Crippen LogP contribution in [-0.4, -0.2) is 23.5 Å². The molecule has 0 bridgehead atoms. The number of aliphatic carboxylic acids is 1. The van der Waals surface area contributed by atoms with Crippen LogP contribution in [0, 0.1) is 13.8 Å². The van der Waals surface area contributed by atoms with Crippen LogP contribution in [0.1, 0.15) is 40.4 Å². The molecule has 0 aliphatic heterocycles. The molecule has 0 fully saturated rings. The molecule has 0 aromatic heterocycles. The number of benzene rings is 2. The summed E-state index contributed by atoms with van der Waals surface area (Å²) in [4.78, 5) is 24.6. The average Bonchev–Trinajstić information content (AvgIpc) is 2.56. The third-order valence-electron chi connectivity index (χ3n) is 4.60. The van der Waals surface area contributed by atoms with Gasteiger partial charge in [0.25, 0.3) is 5.91 Å². The number of amides is 1. The number of rotatable bonds is 6. The van der Waals surface area contributed by atoms with Gasteiger partial charge < -0.3 is 10.4 Å². The lowest BCUT2D eigenvalue weighted by Crippen LogP contribution is -2.46. The van der Waals surface area contributed by atoms with E-state index in [9.17, 15) is 14.7 Å². The summed E-state index contributed by atoms with van der Waals surface area (Å²) in [6.07, 6.45) is 0.388. The molecule has 0 aliphatic rings. The van der Waals surface area contributed by atoms with E-state index in [0.717, 1.165) is 11.1 Å². The lowest BCUT2D eigenvalue weighted by Gasteiger charge is -2.29. The molecule has 0 heterocycles. The topological polar surface area (TPSA) is 66.4 Å². The van der Waals surface area contributed by atoms with Crippen molar-refractivity contribution in [1.29, 1.82) is 0 Å². The van der Waals surface area contributed by atoms with E-state index in [4.69, 9.17) is 0 Å². The van der Waals surface area contributed by atoms with Gasteiger partial charge in [0.2, 0.25) is 0 Å². The second kappa shape index (κ2) is 7.30. The molecule has 0 radical (unpaired) electrons. The van der Waals surface area contributed by atoms with E-state index in [-0.39, 0.29) is 12.5 Å². The highest BCUT2D eigenvalue weighted by Gasteiger charge is 2.39. The molecule has 1 amide bonds. The summed E-state index contributed by atoms with van der Waals surface area (Å²) in [7, 11) is 0. The monoisotopic (exact) mass is 325 g/mol. The Balaban J connectivity index is 2.29. The van der Waals surface area contributed by atoms with Crippen LogP contribution < -0.4 is 5.32 Å². The first-order valence-corrected chi connectivity index (χ1v) is 8.05. The fraction of sp³-hybridized carbons (Fsp3) is 0.300. The quantitative estimate of drug-likeness (QED) is 0.854. The number of carboxylic acid groups (broad SMARTS) is 1. The normalized spacial score (nSPS) is 13.1. The maximum absolute atomic E-state index is 12.6. The molecule has 1 atom stereocenters. The van der Waals surface area contributed by atoms with Crippen molar-refractivity contribution in [2.24, 2.45) is 0 Å². The SMILES string of the molecule is CCC(CNC(=O)c1c(C)cccc1C)(C(=O)O)c1ccccc1. The highest BCUT2D eigenvalue weighted by atomic mass is 16.4. The molecule has 4 heteroatoms. The van der Waals surface area contributed by atoms with Crippen LogP contribution in [0.3, 0.4) is 0 Å². The van der Waals surface area contributed by atoms with E-state index in [1.165, 1.54) is 0 Å². The van der Waals surface area contributed by atoms with Gasteiger partial charge in [0, 0.05) is 12.1 Å². The van der Waals surface area contributed by atoms with Crippen molar-refractivity contribution < 1.29 is 14.7 Å². The van der Waals surface area contributed by atoms with Gasteiger partial charge in [0.1, 0.15) is 5.41 Å². The van der Waals surface area contributed by atoms with E-state index in [1.807, 2.05) is 57.2 Å². The van der Waals surface area contributed by atoms with Gasteiger partial charge in [-0.1, -0.05) is 55.5 Å². The number of hydrogen-bond acceptors (Lipinski definition) is 2. The molecule has 0 saturated carbocycles. The second-order valence-electron chi connectivity index (χ2n) is 6.06. The Morgan fingerprint density at radius 1 is 1.00 bits per heavy atom. The lowest BCUT2D eigenvalue weighted by molar-refractivity contribution is -0.143. The summed E-state index contributed by atoms with van der Waals surface area (Å²) in [5.74, 6) is -1.17. The molecule has 0 spiro atoms. The first kappa shape index (κ1) is 17.7. The smallest absolute Gasteiger partial charge is 0.315 e. The van der Waals surface area contributed by atoms with Crippen molar-refractivity contribution in [3.63, 3.8) is 0 Å². The molecule has 2 rings (SSSR count). The third kappa shape index (κ3) is 3.32. The predicted octanol–water partition coefficient (Wildman–Crippen LogP) is 3.47. The molecular formula is C20H23NO3. The van der Waals surface area contributed by atoms with Crippen molar-refractivity contribution in [2.75, 3.05) is 6.54 Å². The van der Waals surface area contributed by atoms with Gasteiger partial charge in [0.15, 0.2) is 0 Å². The maximum atomic E-state index is 12.6. The fourth-order valence-electron chi connectivity index (χ4n) is 3.03. The molecule has 4 nitrogen and oxygen atoms in total. The minimum absolute atomic E-state index is 0.0510. The van der Waals surface area contributed by atoms with E-state index >= 15 is 0 Å². The molecule has 0 saturated heterocycles. The van der Waals surface area contributed by atoms with Crippen LogP contribution in [0.4, 0.5) is 0 Å². The second-order valence-corrected chi connectivity index (χ2v) is 6.06. The van der Waals surface area contributed by atoms with Crippen molar-refractivity contribution >= 4 is 11.9 Å². The van der Waals surface area contributed by atoms with Gasteiger partial charge in [-0.05, 0) is 37.0 Å². The number of carboxylic acids is 1.